The van der Waals surface area contributed by atoms with Gasteiger partial charge in [-0.3, -0.25) is 0 Å². The Morgan fingerprint density at radius 2 is 2.14 bits per heavy atom. The van der Waals surface area contributed by atoms with Crippen LogP contribution in [0.1, 0.15) is 31.3 Å². The molecule has 0 saturated carbocycles. The van der Waals surface area contributed by atoms with Gasteiger partial charge in [-0.2, -0.15) is 4.98 Å². The van der Waals surface area contributed by atoms with Crippen LogP contribution < -0.4 is 5.32 Å². The molecule has 0 spiro atoms. The maximum atomic E-state index is 5.14. The largest absolute Gasteiger partial charge is 0.368 e. The normalized spacial score (nSPS) is 11.4. The summed E-state index contributed by atoms with van der Waals surface area (Å²) in [5.41, 5.74) is 1.30. The number of aromatic nitrogens is 5. The van der Waals surface area contributed by atoms with Crippen molar-refractivity contribution in [3.63, 3.8) is 0 Å². The molecule has 0 fully saturated rings. The summed E-state index contributed by atoms with van der Waals surface area (Å²) in [7, 11) is 0. The zero-order valence-electron chi connectivity index (χ0n) is 12.4. The van der Waals surface area contributed by atoms with E-state index in [0.29, 0.717) is 11.6 Å². The smallest absolute Gasteiger partial charge is 0.263 e. The van der Waals surface area contributed by atoms with Crippen molar-refractivity contribution in [3.8, 4) is 0 Å². The van der Waals surface area contributed by atoms with Crippen LogP contribution in [-0.2, 0) is 6.54 Å². The maximum Gasteiger partial charge on any atom is 0.263 e. The minimum atomic E-state index is 0.408. The molecule has 3 aromatic heterocycles. The van der Waals surface area contributed by atoms with Crippen molar-refractivity contribution < 1.29 is 4.52 Å². The second kappa shape index (κ2) is 5.51. The molecule has 0 bridgehead atoms. The van der Waals surface area contributed by atoms with Crippen LogP contribution in [0.4, 0.5) is 5.82 Å². The van der Waals surface area contributed by atoms with E-state index >= 15 is 0 Å². The molecule has 1 N–H and O–H groups in total. The van der Waals surface area contributed by atoms with Gasteiger partial charge in [-0.05, 0) is 6.92 Å². The second-order valence-corrected chi connectivity index (χ2v) is 5.23. The molecule has 0 aromatic carbocycles. The number of fused-ring (bicyclic) bond motifs is 1. The van der Waals surface area contributed by atoms with Gasteiger partial charge in [-0.15, -0.1) is 0 Å². The molecule has 0 saturated heterocycles. The summed E-state index contributed by atoms with van der Waals surface area (Å²) in [6.07, 6.45) is 5.31. The van der Waals surface area contributed by atoms with Gasteiger partial charge in [0.2, 0.25) is 0 Å². The van der Waals surface area contributed by atoms with Crippen LogP contribution in [0.2, 0.25) is 0 Å². The predicted molar refractivity (Wildman–Crippen MR) is 79.1 cm³/mol. The average molecular weight is 286 g/mol. The van der Waals surface area contributed by atoms with E-state index in [0.717, 1.165) is 35.8 Å². The molecule has 0 radical (unpaired) electrons. The van der Waals surface area contributed by atoms with Crippen LogP contribution in [-0.4, -0.2) is 31.2 Å². The summed E-state index contributed by atoms with van der Waals surface area (Å²) in [4.78, 5) is 12.7. The standard InChI is InChI=1S/C14H18N6O/c1-9(2)13-16-5-7-20(13)6-4-15-12-11-10(3)19-21-14(11)18-8-17-12/h5,7-9H,4,6H2,1-3H3,(H,15,17,18). The Labute approximate surface area is 122 Å². The molecule has 3 heterocycles. The van der Waals surface area contributed by atoms with Gasteiger partial charge in [0.05, 0.1) is 5.69 Å². The molecule has 3 aromatic rings. The van der Waals surface area contributed by atoms with Crippen molar-refractivity contribution in [3.05, 3.63) is 30.2 Å². The molecule has 0 aliphatic carbocycles. The molecule has 3 rings (SSSR count). The third kappa shape index (κ3) is 2.58. The lowest BCUT2D eigenvalue weighted by Crippen LogP contribution is -2.14. The summed E-state index contributed by atoms with van der Waals surface area (Å²) in [5.74, 6) is 2.25. The number of anilines is 1. The van der Waals surface area contributed by atoms with E-state index in [1.54, 1.807) is 0 Å². The zero-order valence-corrected chi connectivity index (χ0v) is 12.4. The summed E-state index contributed by atoms with van der Waals surface area (Å²) in [6, 6.07) is 0. The van der Waals surface area contributed by atoms with Crippen LogP contribution in [0.3, 0.4) is 0 Å². The van der Waals surface area contributed by atoms with Crippen molar-refractivity contribution in [2.45, 2.75) is 33.2 Å². The molecular formula is C14H18N6O. The number of rotatable bonds is 5. The first-order valence-electron chi connectivity index (χ1n) is 6.98. The summed E-state index contributed by atoms with van der Waals surface area (Å²) >= 11 is 0. The quantitative estimate of drug-likeness (QED) is 0.775. The first-order chi connectivity index (χ1) is 10.2. The molecule has 0 aliphatic rings. The predicted octanol–water partition coefficient (Wildman–Crippen LogP) is 2.36. The van der Waals surface area contributed by atoms with Crippen molar-refractivity contribution in [1.29, 1.82) is 0 Å². The van der Waals surface area contributed by atoms with E-state index < -0.39 is 0 Å². The monoisotopic (exact) mass is 286 g/mol. The lowest BCUT2D eigenvalue weighted by Gasteiger charge is -2.11. The van der Waals surface area contributed by atoms with Crippen molar-refractivity contribution in [1.82, 2.24) is 24.7 Å². The number of nitrogens with zero attached hydrogens (tertiary/aromatic N) is 5. The topological polar surface area (TPSA) is 81.7 Å². The van der Waals surface area contributed by atoms with Gasteiger partial charge in [-0.25, -0.2) is 9.97 Å². The highest BCUT2D eigenvalue weighted by molar-refractivity contribution is 5.87. The summed E-state index contributed by atoms with van der Waals surface area (Å²) < 4.78 is 7.29. The van der Waals surface area contributed by atoms with Crippen molar-refractivity contribution in [2.24, 2.45) is 0 Å². The molecule has 21 heavy (non-hydrogen) atoms. The molecular weight excluding hydrogens is 268 g/mol. The van der Waals surface area contributed by atoms with Crippen LogP contribution in [0.5, 0.6) is 0 Å². The van der Waals surface area contributed by atoms with Gasteiger partial charge in [0, 0.05) is 31.4 Å². The van der Waals surface area contributed by atoms with E-state index in [2.05, 4.69) is 43.8 Å². The highest BCUT2D eigenvalue weighted by Gasteiger charge is 2.12. The van der Waals surface area contributed by atoms with E-state index in [1.807, 2.05) is 19.3 Å². The van der Waals surface area contributed by atoms with Gasteiger partial charge in [0.25, 0.3) is 5.71 Å². The Balaban J connectivity index is 1.72. The lowest BCUT2D eigenvalue weighted by molar-refractivity contribution is 0.442. The minimum Gasteiger partial charge on any atom is -0.368 e. The van der Waals surface area contributed by atoms with E-state index in [1.165, 1.54) is 6.33 Å². The third-order valence-electron chi connectivity index (χ3n) is 3.35. The number of nitrogens with one attached hydrogen (secondary N) is 1. The Morgan fingerprint density at radius 3 is 2.95 bits per heavy atom. The molecule has 0 aliphatic heterocycles. The fourth-order valence-corrected chi connectivity index (χ4v) is 2.36. The second-order valence-electron chi connectivity index (χ2n) is 5.23. The highest BCUT2D eigenvalue weighted by atomic mass is 16.5. The van der Waals surface area contributed by atoms with Crippen molar-refractivity contribution >= 4 is 16.9 Å². The number of imidazole rings is 1. The van der Waals surface area contributed by atoms with Crippen LogP contribution in [0.15, 0.2) is 23.2 Å². The maximum absolute atomic E-state index is 5.14. The lowest BCUT2D eigenvalue weighted by atomic mass is 10.2. The van der Waals surface area contributed by atoms with E-state index in [-0.39, 0.29) is 0 Å². The summed E-state index contributed by atoms with van der Waals surface area (Å²) in [6.45, 7) is 7.73. The van der Waals surface area contributed by atoms with Gasteiger partial charge < -0.3 is 14.4 Å². The molecule has 0 unspecified atom stereocenters. The van der Waals surface area contributed by atoms with Gasteiger partial charge >= 0.3 is 0 Å². The van der Waals surface area contributed by atoms with Gasteiger partial charge in [-0.1, -0.05) is 19.0 Å². The fourth-order valence-electron chi connectivity index (χ4n) is 2.36. The van der Waals surface area contributed by atoms with Gasteiger partial charge in [0.15, 0.2) is 0 Å². The highest BCUT2D eigenvalue weighted by Crippen LogP contribution is 2.22. The fraction of sp³-hybridized carbons (Fsp3) is 0.429. The SMILES string of the molecule is Cc1noc2ncnc(NCCn3ccnc3C(C)C)c12. The van der Waals surface area contributed by atoms with Crippen molar-refractivity contribution in [2.75, 3.05) is 11.9 Å². The Morgan fingerprint density at radius 1 is 1.29 bits per heavy atom. The Bertz CT molecular complexity index is 745. The Hall–Kier alpha value is -2.44. The zero-order chi connectivity index (χ0) is 14.8. The van der Waals surface area contributed by atoms with E-state index in [4.69, 9.17) is 4.52 Å². The minimum absolute atomic E-state index is 0.408. The molecule has 0 amide bonds. The molecule has 7 heteroatoms. The first kappa shape index (κ1) is 13.5. The van der Waals surface area contributed by atoms with E-state index in [9.17, 15) is 0 Å². The first-order valence-corrected chi connectivity index (χ1v) is 6.98. The Kier molecular flexibility index (Phi) is 3.55. The van der Waals surface area contributed by atoms with Crippen LogP contribution in [0, 0.1) is 6.92 Å². The molecule has 0 atom stereocenters. The number of hydrogen-bond acceptors (Lipinski definition) is 6. The number of hydrogen-bond donors (Lipinski definition) is 1. The molecule has 7 nitrogen and oxygen atoms in total. The van der Waals surface area contributed by atoms with Crippen LogP contribution in [0.25, 0.3) is 11.1 Å². The van der Waals surface area contributed by atoms with Gasteiger partial charge in [0.1, 0.15) is 23.4 Å². The average Bonchev–Trinajstić information content (AvgIpc) is 3.07. The van der Waals surface area contributed by atoms with Crippen LogP contribution >= 0.6 is 0 Å². The third-order valence-corrected chi connectivity index (χ3v) is 3.35. The summed E-state index contributed by atoms with van der Waals surface area (Å²) in [5, 5.41) is 8.08. The molecule has 110 valence electrons. The number of aryl methyl sites for hydroxylation is 1.